The van der Waals surface area contributed by atoms with Gasteiger partial charge in [-0.3, -0.25) is 4.79 Å². The van der Waals surface area contributed by atoms with Gasteiger partial charge in [0.2, 0.25) is 5.91 Å². The number of halogens is 2. The monoisotopic (exact) mass is 315 g/mol. The molecular formula is C18H15F2NO2. The van der Waals surface area contributed by atoms with Crippen molar-refractivity contribution < 1.29 is 18.3 Å². The van der Waals surface area contributed by atoms with E-state index in [4.69, 9.17) is 4.74 Å². The maximum atomic E-state index is 14.2. The summed E-state index contributed by atoms with van der Waals surface area (Å²) in [5.74, 6) is -0.881. The highest BCUT2D eigenvalue weighted by Gasteiger charge is 2.21. The number of fused-ring (bicyclic) bond motifs is 1. The number of hydrogen-bond donors (Lipinski definition) is 0. The smallest absolute Gasteiger partial charge is 0.246 e. The van der Waals surface area contributed by atoms with Gasteiger partial charge in [0, 0.05) is 19.2 Å². The third kappa shape index (κ3) is 3.23. The summed E-state index contributed by atoms with van der Waals surface area (Å²) in [5, 5.41) is 0. The Hall–Kier alpha value is -2.69. The van der Waals surface area contributed by atoms with Crippen molar-refractivity contribution in [3.63, 3.8) is 0 Å². The predicted molar refractivity (Wildman–Crippen MR) is 82.2 cm³/mol. The van der Waals surface area contributed by atoms with E-state index in [1.165, 1.54) is 30.3 Å². The van der Waals surface area contributed by atoms with Gasteiger partial charge in [0.05, 0.1) is 0 Å². The number of ether oxygens (including phenoxy) is 1. The Balaban J connectivity index is 1.88. The van der Waals surface area contributed by atoms with Crippen LogP contribution in [-0.4, -0.2) is 17.4 Å². The highest BCUT2D eigenvalue weighted by Crippen LogP contribution is 2.30. The Bertz CT molecular complexity index is 774. The van der Waals surface area contributed by atoms with Crippen molar-refractivity contribution in [2.75, 3.05) is 6.54 Å². The van der Waals surface area contributed by atoms with Gasteiger partial charge in [-0.2, -0.15) is 0 Å². The van der Waals surface area contributed by atoms with Crippen LogP contribution in [0.4, 0.5) is 8.78 Å². The first-order chi connectivity index (χ1) is 11.1. The molecule has 23 heavy (non-hydrogen) atoms. The molecule has 0 saturated heterocycles. The molecule has 3 nitrogen and oxygen atoms in total. The van der Waals surface area contributed by atoms with Gasteiger partial charge < -0.3 is 9.64 Å². The summed E-state index contributed by atoms with van der Waals surface area (Å²) in [6.07, 6.45) is 1.84. The normalized spacial score (nSPS) is 13.4. The lowest BCUT2D eigenvalue weighted by molar-refractivity contribution is -0.126. The van der Waals surface area contributed by atoms with E-state index in [9.17, 15) is 13.6 Å². The molecule has 1 aliphatic heterocycles. The highest BCUT2D eigenvalue weighted by molar-refractivity contribution is 5.87. The minimum absolute atomic E-state index is 0.0160. The van der Waals surface area contributed by atoms with Gasteiger partial charge in [-0.05, 0) is 47.9 Å². The fourth-order valence-electron chi connectivity index (χ4n) is 2.61. The summed E-state index contributed by atoms with van der Waals surface area (Å²) >= 11 is 0. The quantitative estimate of drug-likeness (QED) is 0.806. The molecule has 0 aromatic heterocycles. The summed E-state index contributed by atoms with van der Waals surface area (Å²) < 4.78 is 32.8. The summed E-state index contributed by atoms with van der Waals surface area (Å²) in [6, 6.07) is 8.50. The second kappa shape index (κ2) is 6.20. The SMILES string of the molecule is C=CC(=O)N1CCc2cc(F)c(Oc3cccc(F)c3)cc2C1. The highest BCUT2D eigenvalue weighted by atomic mass is 19.1. The minimum Gasteiger partial charge on any atom is -0.454 e. The van der Waals surface area contributed by atoms with E-state index in [1.54, 1.807) is 17.0 Å². The molecule has 2 aromatic carbocycles. The topological polar surface area (TPSA) is 29.5 Å². The van der Waals surface area contributed by atoms with E-state index in [-0.39, 0.29) is 17.4 Å². The molecule has 0 unspecified atom stereocenters. The van der Waals surface area contributed by atoms with Crippen LogP contribution < -0.4 is 4.74 Å². The van der Waals surface area contributed by atoms with E-state index in [0.29, 0.717) is 19.5 Å². The van der Waals surface area contributed by atoms with E-state index >= 15 is 0 Å². The van der Waals surface area contributed by atoms with Crippen molar-refractivity contribution >= 4 is 5.91 Å². The predicted octanol–water partition coefficient (Wildman–Crippen LogP) is 3.83. The molecule has 0 radical (unpaired) electrons. The number of nitrogens with zero attached hydrogens (tertiary/aromatic N) is 1. The third-order valence-electron chi connectivity index (χ3n) is 3.78. The summed E-state index contributed by atoms with van der Waals surface area (Å²) in [6.45, 7) is 4.38. The molecule has 1 heterocycles. The first kappa shape index (κ1) is 15.2. The Labute approximate surface area is 132 Å². The zero-order chi connectivity index (χ0) is 16.4. The van der Waals surface area contributed by atoms with Crippen LogP contribution in [0.1, 0.15) is 11.1 Å². The molecule has 0 atom stereocenters. The van der Waals surface area contributed by atoms with Gasteiger partial charge in [0.15, 0.2) is 11.6 Å². The molecule has 5 heteroatoms. The average Bonchev–Trinajstić information content (AvgIpc) is 2.54. The van der Waals surface area contributed by atoms with Crippen LogP contribution in [0.25, 0.3) is 0 Å². The second-order valence-corrected chi connectivity index (χ2v) is 5.32. The maximum absolute atomic E-state index is 14.2. The molecule has 0 N–H and O–H groups in total. The number of carbonyl (C=O) groups is 1. The lowest BCUT2D eigenvalue weighted by Crippen LogP contribution is -2.34. The van der Waals surface area contributed by atoms with E-state index in [1.807, 2.05) is 0 Å². The zero-order valence-corrected chi connectivity index (χ0v) is 12.4. The lowest BCUT2D eigenvalue weighted by atomic mass is 9.99. The van der Waals surface area contributed by atoms with Gasteiger partial charge in [0.1, 0.15) is 11.6 Å². The summed E-state index contributed by atoms with van der Waals surface area (Å²) in [7, 11) is 0. The summed E-state index contributed by atoms with van der Waals surface area (Å²) in [5.41, 5.74) is 1.67. The summed E-state index contributed by atoms with van der Waals surface area (Å²) in [4.78, 5) is 13.4. The van der Waals surface area contributed by atoms with Crippen LogP contribution in [0.15, 0.2) is 49.1 Å². The molecule has 1 aliphatic rings. The first-order valence-corrected chi connectivity index (χ1v) is 7.23. The van der Waals surface area contributed by atoms with Gasteiger partial charge >= 0.3 is 0 Å². The Morgan fingerprint density at radius 3 is 2.78 bits per heavy atom. The Kier molecular flexibility index (Phi) is 4.10. The number of benzene rings is 2. The van der Waals surface area contributed by atoms with Crippen LogP contribution in [0.2, 0.25) is 0 Å². The number of hydrogen-bond acceptors (Lipinski definition) is 2. The number of carbonyl (C=O) groups excluding carboxylic acids is 1. The molecule has 0 fully saturated rings. The largest absolute Gasteiger partial charge is 0.454 e. The van der Waals surface area contributed by atoms with Crippen LogP contribution in [-0.2, 0) is 17.8 Å². The maximum Gasteiger partial charge on any atom is 0.246 e. The number of amides is 1. The lowest BCUT2D eigenvalue weighted by Gasteiger charge is -2.28. The molecular weight excluding hydrogens is 300 g/mol. The van der Waals surface area contributed by atoms with E-state index in [0.717, 1.165) is 11.1 Å². The second-order valence-electron chi connectivity index (χ2n) is 5.32. The van der Waals surface area contributed by atoms with Crippen molar-refractivity contribution in [1.82, 2.24) is 4.90 Å². The molecule has 2 aromatic rings. The van der Waals surface area contributed by atoms with E-state index in [2.05, 4.69) is 6.58 Å². The van der Waals surface area contributed by atoms with Crippen molar-refractivity contribution in [3.05, 3.63) is 71.8 Å². The zero-order valence-electron chi connectivity index (χ0n) is 12.4. The van der Waals surface area contributed by atoms with Crippen LogP contribution >= 0.6 is 0 Å². The van der Waals surface area contributed by atoms with Gasteiger partial charge in [-0.25, -0.2) is 8.78 Å². The number of rotatable bonds is 3. The first-order valence-electron chi connectivity index (χ1n) is 7.23. The van der Waals surface area contributed by atoms with Gasteiger partial charge in [-0.1, -0.05) is 12.6 Å². The Morgan fingerprint density at radius 2 is 2.04 bits per heavy atom. The molecule has 0 spiro atoms. The van der Waals surface area contributed by atoms with Crippen LogP contribution in [0.3, 0.4) is 0 Å². The molecule has 3 rings (SSSR count). The molecule has 0 saturated carbocycles. The molecule has 0 aliphatic carbocycles. The average molecular weight is 315 g/mol. The standard InChI is InChI=1S/C18H15F2NO2/c1-2-18(22)21-7-6-12-8-16(20)17(9-13(12)11-21)23-15-5-3-4-14(19)10-15/h2-5,8-10H,1,6-7,11H2. The van der Waals surface area contributed by atoms with Gasteiger partial charge in [-0.15, -0.1) is 0 Å². The van der Waals surface area contributed by atoms with Crippen molar-refractivity contribution in [3.8, 4) is 11.5 Å². The van der Waals surface area contributed by atoms with Gasteiger partial charge in [0.25, 0.3) is 0 Å². The van der Waals surface area contributed by atoms with E-state index < -0.39 is 11.6 Å². The van der Waals surface area contributed by atoms with Crippen LogP contribution in [0, 0.1) is 11.6 Å². The Morgan fingerprint density at radius 1 is 1.22 bits per heavy atom. The van der Waals surface area contributed by atoms with Crippen molar-refractivity contribution in [1.29, 1.82) is 0 Å². The molecule has 0 bridgehead atoms. The minimum atomic E-state index is -0.503. The molecule has 1 amide bonds. The molecule has 118 valence electrons. The van der Waals surface area contributed by atoms with Crippen molar-refractivity contribution in [2.45, 2.75) is 13.0 Å². The van der Waals surface area contributed by atoms with Crippen LogP contribution in [0.5, 0.6) is 11.5 Å². The fraction of sp³-hybridized carbons (Fsp3) is 0.167. The fourth-order valence-corrected chi connectivity index (χ4v) is 2.61. The third-order valence-corrected chi connectivity index (χ3v) is 3.78. The van der Waals surface area contributed by atoms with Crippen molar-refractivity contribution in [2.24, 2.45) is 0 Å².